The quantitative estimate of drug-likeness (QED) is 0.752. The molecule has 0 unspecified atom stereocenters. The average Bonchev–Trinajstić information content (AvgIpc) is 3.05. The fourth-order valence-electron chi connectivity index (χ4n) is 1.95. The molecule has 0 aliphatic heterocycles. The number of hydrogen-bond donors (Lipinski definition) is 1. The Balaban J connectivity index is 1.84. The number of thiophene rings is 1. The Kier molecular flexibility index (Phi) is 6.65. The number of halogens is 2. The molecule has 9 heteroatoms. The summed E-state index contributed by atoms with van der Waals surface area (Å²) in [4.78, 5) is 11.9. The molecule has 0 radical (unpaired) electrons. The van der Waals surface area contributed by atoms with E-state index < -0.39 is 10.0 Å². The first-order valence-corrected chi connectivity index (χ1v) is 10.1. The summed E-state index contributed by atoms with van der Waals surface area (Å²) in [5.74, 6) is -0.235. The molecule has 130 valence electrons. The minimum Gasteiger partial charge on any atom is -0.325 e. The number of sulfonamides is 1. The first-order chi connectivity index (χ1) is 11.3. The van der Waals surface area contributed by atoms with Gasteiger partial charge in [-0.25, -0.2) is 12.7 Å². The van der Waals surface area contributed by atoms with E-state index in [1.165, 1.54) is 22.7 Å². The molecule has 0 saturated heterocycles. The molecule has 5 nitrogen and oxygen atoms in total. The van der Waals surface area contributed by atoms with E-state index >= 15 is 0 Å². The molecule has 0 aliphatic carbocycles. The molecule has 1 amide bonds. The lowest BCUT2D eigenvalue weighted by molar-refractivity contribution is -0.116. The van der Waals surface area contributed by atoms with Crippen molar-refractivity contribution in [3.8, 4) is 0 Å². The second kappa shape index (κ2) is 8.31. The predicted molar refractivity (Wildman–Crippen MR) is 98.5 cm³/mol. The van der Waals surface area contributed by atoms with E-state index in [1.54, 1.807) is 35.7 Å². The standard InChI is InChI=1S/C15H16Cl2N2O3S2/c1-19(24(21,22)15-5-3-9-23-15)8-2-4-14(20)18-13-7-6-11(16)10-12(13)17/h3,5-7,9-10H,2,4,8H2,1H3,(H,18,20). The molecule has 2 rings (SSSR count). The van der Waals surface area contributed by atoms with E-state index in [4.69, 9.17) is 23.2 Å². The van der Waals surface area contributed by atoms with Crippen LogP contribution in [-0.4, -0.2) is 32.2 Å². The van der Waals surface area contributed by atoms with Crippen LogP contribution in [-0.2, 0) is 14.8 Å². The maximum atomic E-state index is 12.2. The maximum Gasteiger partial charge on any atom is 0.252 e. The number of amides is 1. The number of nitrogens with zero attached hydrogens (tertiary/aromatic N) is 1. The molecule has 0 bridgehead atoms. The van der Waals surface area contributed by atoms with Crippen LogP contribution in [0, 0.1) is 0 Å². The summed E-state index contributed by atoms with van der Waals surface area (Å²) in [6, 6.07) is 8.04. The van der Waals surface area contributed by atoms with Crippen LogP contribution >= 0.6 is 34.5 Å². The van der Waals surface area contributed by atoms with Crippen molar-refractivity contribution in [2.24, 2.45) is 0 Å². The number of carbonyl (C=O) groups excluding carboxylic acids is 1. The van der Waals surface area contributed by atoms with E-state index in [1.807, 2.05) is 0 Å². The third kappa shape index (κ3) is 4.94. The molecule has 1 N–H and O–H groups in total. The summed E-state index contributed by atoms with van der Waals surface area (Å²) in [6.07, 6.45) is 0.585. The minimum absolute atomic E-state index is 0.184. The highest BCUT2D eigenvalue weighted by Crippen LogP contribution is 2.25. The number of carbonyl (C=O) groups is 1. The van der Waals surface area contributed by atoms with Crippen LogP contribution < -0.4 is 5.32 Å². The van der Waals surface area contributed by atoms with Crippen LogP contribution in [0.1, 0.15) is 12.8 Å². The van der Waals surface area contributed by atoms with Crippen molar-refractivity contribution in [1.82, 2.24) is 4.31 Å². The molecule has 0 atom stereocenters. The number of hydrogen-bond acceptors (Lipinski definition) is 4. The second-order valence-corrected chi connectivity index (χ2v) is 9.10. The van der Waals surface area contributed by atoms with E-state index in [-0.39, 0.29) is 18.9 Å². The summed E-state index contributed by atoms with van der Waals surface area (Å²) in [7, 11) is -1.98. The lowest BCUT2D eigenvalue weighted by Crippen LogP contribution is -2.28. The zero-order valence-corrected chi connectivity index (χ0v) is 16.0. The van der Waals surface area contributed by atoms with Crippen molar-refractivity contribution in [1.29, 1.82) is 0 Å². The first kappa shape index (κ1) is 19.2. The van der Waals surface area contributed by atoms with Gasteiger partial charge in [-0.1, -0.05) is 29.3 Å². The van der Waals surface area contributed by atoms with Gasteiger partial charge in [-0.15, -0.1) is 11.3 Å². The highest BCUT2D eigenvalue weighted by atomic mass is 35.5. The lowest BCUT2D eigenvalue weighted by Gasteiger charge is -2.15. The smallest absolute Gasteiger partial charge is 0.252 e. The largest absolute Gasteiger partial charge is 0.325 e. The molecule has 0 spiro atoms. The van der Waals surface area contributed by atoms with Crippen LogP contribution in [0.3, 0.4) is 0 Å². The van der Waals surface area contributed by atoms with Crippen LogP contribution in [0.5, 0.6) is 0 Å². The Bertz CT molecular complexity index is 808. The van der Waals surface area contributed by atoms with Gasteiger partial charge in [0, 0.05) is 25.0 Å². The Morgan fingerprint density at radius 1 is 1.29 bits per heavy atom. The summed E-state index contributed by atoms with van der Waals surface area (Å²) < 4.78 is 26.0. The van der Waals surface area contributed by atoms with Gasteiger partial charge in [0.2, 0.25) is 5.91 Å². The number of rotatable bonds is 7. The monoisotopic (exact) mass is 406 g/mol. The molecular formula is C15H16Cl2N2O3S2. The van der Waals surface area contributed by atoms with Gasteiger partial charge in [0.05, 0.1) is 10.7 Å². The van der Waals surface area contributed by atoms with Crippen molar-refractivity contribution in [3.63, 3.8) is 0 Å². The molecule has 2 aromatic rings. The summed E-state index contributed by atoms with van der Waals surface area (Å²) in [6.45, 7) is 0.252. The third-order valence-corrected chi connectivity index (χ3v) is 7.02. The Morgan fingerprint density at radius 2 is 2.04 bits per heavy atom. The van der Waals surface area contributed by atoms with E-state index in [0.29, 0.717) is 26.4 Å². The number of benzene rings is 1. The molecular weight excluding hydrogens is 391 g/mol. The third-order valence-electron chi connectivity index (χ3n) is 3.24. The van der Waals surface area contributed by atoms with Gasteiger partial charge in [-0.2, -0.15) is 0 Å². The molecule has 1 aromatic carbocycles. The van der Waals surface area contributed by atoms with Crippen LogP contribution in [0.15, 0.2) is 39.9 Å². The Morgan fingerprint density at radius 3 is 2.67 bits per heavy atom. The van der Waals surface area contributed by atoms with E-state index in [9.17, 15) is 13.2 Å². The van der Waals surface area contributed by atoms with Crippen molar-refractivity contribution in [2.45, 2.75) is 17.1 Å². The zero-order valence-electron chi connectivity index (χ0n) is 12.8. The predicted octanol–water partition coefficient (Wildman–Crippen LogP) is 4.09. The van der Waals surface area contributed by atoms with Gasteiger partial charge in [0.15, 0.2) is 0 Å². The van der Waals surface area contributed by atoms with Crippen molar-refractivity contribution >= 4 is 56.2 Å². The number of anilines is 1. The van der Waals surface area contributed by atoms with Gasteiger partial charge in [0.1, 0.15) is 4.21 Å². The van der Waals surface area contributed by atoms with Crippen LogP contribution in [0.25, 0.3) is 0 Å². The van der Waals surface area contributed by atoms with Crippen LogP contribution in [0.2, 0.25) is 10.0 Å². The van der Waals surface area contributed by atoms with Crippen molar-refractivity contribution in [2.75, 3.05) is 18.9 Å². The average molecular weight is 407 g/mol. The molecule has 1 heterocycles. The van der Waals surface area contributed by atoms with Gasteiger partial charge in [-0.05, 0) is 36.1 Å². The zero-order chi connectivity index (χ0) is 17.7. The van der Waals surface area contributed by atoms with Crippen LogP contribution in [0.4, 0.5) is 5.69 Å². The van der Waals surface area contributed by atoms with Crippen molar-refractivity contribution in [3.05, 3.63) is 45.8 Å². The fraction of sp³-hybridized carbons (Fsp3) is 0.267. The van der Waals surface area contributed by atoms with Crippen molar-refractivity contribution < 1.29 is 13.2 Å². The van der Waals surface area contributed by atoms with Gasteiger partial charge >= 0.3 is 0 Å². The molecule has 0 aliphatic rings. The summed E-state index contributed by atoms with van der Waals surface area (Å²) in [5.41, 5.74) is 0.477. The highest BCUT2D eigenvalue weighted by molar-refractivity contribution is 7.91. The normalized spacial score (nSPS) is 11.7. The van der Waals surface area contributed by atoms with Gasteiger partial charge in [0.25, 0.3) is 10.0 Å². The second-order valence-electron chi connectivity index (χ2n) is 5.03. The molecule has 24 heavy (non-hydrogen) atoms. The summed E-state index contributed by atoms with van der Waals surface area (Å²) in [5, 5.41) is 5.23. The molecule has 0 fully saturated rings. The SMILES string of the molecule is CN(CCCC(=O)Nc1ccc(Cl)cc1Cl)S(=O)(=O)c1cccs1. The number of nitrogens with one attached hydrogen (secondary N) is 1. The summed E-state index contributed by atoms with van der Waals surface area (Å²) >= 11 is 13.0. The Labute approximate surface area is 155 Å². The molecule has 0 saturated carbocycles. The fourth-order valence-corrected chi connectivity index (χ4v) is 4.82. The Hall–Kier alpha value is -1.12. The minimum atomic E-state index is -3.48. The van der Waals surface area contributed by atoms with E-state index in [2.05, 4.69) is 5.32 Å². The van der Waals surface area contributed by atoms with E-state index in [0.717, 1.165) is 0 Å². The first-order valence-electron chi connectivity index (χ1n) is 7.05. The topological polar surface area (TPSA) is 66.5 Å². The van der Waals surface area contributed by atoms with Gasteiger partial charge in [-0.3, -0.25) is 4.79 Å². The molecule has 1 aromatic heterocycles. The lowest BCUT2D eigenvalue weighted by atomic mass is 10.2. The van der Waals surface area contributed by atoms with Gasteiger partial charge < -0.3 is 5.32 Å². The highest BCUT2D eigenvalue weighted by Gasteiger charge is 2.21. The maximum absolute atomic E-state index is 12.2.